The monoisotopic (exact) mass is 543 g/mol. The maximum atomic E-state index is 12.9. The van der Waals surface area contributed by atoms with Crippen molar-refractivity contribution >= 4 is 54.0 Å². The summed E-state index contributed by atoms with van der Waals surface area (Å²) in [7, 11) is 0. The van der Waals surface area contributed by atoms with Gasteiger partial charge in [-0.25, -0.2) is 4.79 Å². The van der Waals surface area contributed by atoms with E-state index in [4.69, 9.17) is 11.5 Å². The van der Waals surface area contributed by atoms with E-state index in [1.807, 2.05) is 6.26 Å². The number of amides is 4. The van der Waals surface area contributed by atoms with Crippen LogP contribution in [0.4, 0.5) is 0 Å². The second kappa shape index (κ2) is 15.9. The highest BCUT2D eigenvalue weighted by atomic mass is 32.2. The van der Waals surface area contributed by atoms with E-state index in [9.17, 15) is 34.2 Å². The van der Waals surface area contributed by atoms with E-state index in [0.717, 1.165) is 0 Å². The number of carboxylic acid groups (broad SMARTS) is 1. The van der Waals surface area contributed by atoms with Crippen molar-refractivity contribution in [3.8, 4) is 5.75 Å². The zero-order valence-corrected chi connectivity index (χ0v) is 21.5. The highest BCUT2D eigenvalue weighted by Gasteiger charge is 2.29. The van der Waals surface area contributed by atoms with Crippen molar-refractivity contribution in [2.75, 3.05) is 17.8 Å². The van der Waals surface area contributed by atoms with Crippen LogP contribution in [-0.4, -0.2) is 81.7 Å². The first kappa shape index (κ1) is 31.1. The SMILES string of the molecule is CSCCC(NC(=O)C(N)CCC(N)=O)C(=O)NC(CS)C(=O)NC(Cc1ccc(O)cc1)C(=O)O. The summed E-state index contributed by atoms with van der Waals surface area (Å²) in [5, 5.41) is 26.3. The molecule has 4 atom stereocenters. The number of aliphatic carboxylic acids is 1. The van der Waals surface area contributed by atoms with Crippen molar-refractivity contribution in [2.24, 2.45) is 11.5 Å². The number of primary amides is 1. The molecule has 0 bridgehead atoms. The number of hydrogen-bond donors (Lipinski definition) is 8. The number of nitrogens with one attached hydrogen (secondary N) is 3. The lowest BCUT2D eigenvalue weighted by Gasteiger charge is -2.24. The number of phenolic OH excluding ortho intramolecular Hbond substituents is 1. The topological polar surface area (TPSA) is 214 Å². The number of nitrogens with two attached hydrogens (primary N) is 2. The van der Waals surface area contributed by atoms with Crippen molar-refractivity contribution in [3.05, 3.63) is 29.8 Å². The first-order valence-corrected chi connectivity index (χ1v) is 13.1. The van der Waals surface area contributed by atoms with Gasteiger partial charge in [0, 0.05) is 18.6 Å². The molecule has 0 aliphatic rings. The Morgan fingerprint density at radius 2 is 1.50 bits per heavy atom. The molecule has 1 rings (SSSR count). The Labute approximate surface area is 218 Å². The molecular formula is C22H33N5O7S2. The second-order valence-electron chi connectivity index (χ2n) is 7.97. The molecule has 4 amide bonds. The summed E-state index contributed by atoms with van der Waals surface area (Å²) >= 11 is 5.54. The van der Waals surface area contributed by atoms with Crippen LogP contribution in [0.15, 0.2) is 24.3 Å². The van der Waals surface area contributed by atoms with E-state index in [0.29, 0.717) is 11.3 Å². The minimum atomic E-state index is -1.29. The number of thioether (sulfide) groups is 1. The molecule has 0 aromatic heterocycles. The Morgan fingerprint density at radius 1 is 0.944 bits per heavy atom. The fourth-order valence-corrected chi connectivity index (χ4v) is 3.75. The molecule has 9 N–H and O–H groups in total. The summed E-state index contributed by atoms with van der Waals surface area (Å²) in [6, 6.07) is 1.31. The normalized spacial score (nSPS) is 14.1. The number of benzene rings is 1. The fourth-order valence-electron chi connectivity index (χ4n) is 3.02. The van der Waals surface area contributed by atoms with Crippen LogP contribution in [0, 0.1) is 0 Å². The van der Waals surface area contributed by atoms with E-state index < -0.39 is 53.8 Å². The third kappa shape index (κ3) is 11.2. The molecule has 0 saturated carbocycles. The summed E-state index contributed by atoms with van der Waals surface area (Å²) in [6.07, 6.45) is 1.93. The lowest BCUT2D eigenvalue weighted by atomic mass is 10.1. The Hall–Kier alpha value is -2.97. The van der Waals surface area contributed by atoms with Gasteiger partial charge in [0.15, 0.2) is 0 Å². The standard InChI is InChI=1S/C22H33N5O7S2/c1-36-9-8-15(25-19(30)14(23)6-7-18(24)29)20(31)27-17(11-35)21(32)26-16(22(33)34)10-12-2-4-13(28)5-3-12/h2-5,14-17,28,35H,6-11,23H2,1H3,(H2,24,29)(H,25,30)(H,26,32)(H,27,31)(H,33,34). The van der Waals surface area contributed by atoms with E-state index in [1.165, 1.54) is 36.0 Å². The van der Waals surface area contributed by atoms with Crippen LogP contribution in [0.25, 0.3) is 0 Å². The highest BCUT2D eigenvalue weighted by Crippen LogP contribution is 2.12. The molecule has 0 fully saturated rings. The van der Waals surface area contributed by atoms with Gasteiger partial charge in [-0.3, -0.25) is 19.2 Å². The first-order chi connectivity index (χ1) is 17.0. The second-order valence-corrected chi connectivity index (χ2v) is 9.32. The predicted octanol–water partition coefficient (Wildman–Crippen LogP) is -1.25. The zero-order valence-electron chi connectivity index (χ0n) is 19.8. The zero-order chi connectivity index (χ0) is 27.3. The van der Waals surface area contributed by atoms with Crippen LogP contribution in [0.3, 0.4) is 0 Å². The Kier molecular flexibility index (Phi) is 13.7. The summed E-state index contributed by atoms with van der Waals surface area (Å²) in [5.41, 5.74) is 11.4. The summed E-state index contributed by atoms with van der Waals surface area (Å²) in [6.45, 7) is 0. The lowest BCUT2D eigenvalue weighted by molar-refractivity contribution is -0.142. The number of carbonyl (C=O) groups is 5. The number of rotatable bonds is 16. The van der Waals surface area contributed by atoms with Crippen molar-refractivity contribution < 1.29 is 34.2 Å². The minimum absolute atomic E-state index is 0.0112. The molecule has 1 aromatic rings. The third-order valence-electron chi connectivity index (χ3n) is 5.09. The number of phenols is 1. The third-order valence-corrected chi connectivity index (χ3v) is 6.10. The van der Waals surface area contributed by atoms with Gasteiger partial charge in [-0.1, -0.05) is 12.1 Å². The van der Waals surface area contributed by atoms with Crippen molar-refractivity contribution in [3.63, 3.8) is 0 Å². The van der Waals surface area contributed by atoms with E-state index in [1.54, 1.807) is 0 Å². The van der Waals surface area contributed by atoms with Crippen LogP contribution in [0.2, 0.25) is 0 Å². The molecule has 36 heavy (non-hydrogen) atoms. The smallest absolute Gasteiger partial charge is 0.326 e. The molecule has 0 spiro atoms. The average molecular weight is 544 g/mol. The number of carbonyl (C=O) groups excluding carboxylic acids is 4. The largest absolute Gasteiger partial charge is 0.508 e. The van der Waals surface area contributed by atoms with Crippen LogP contribution < -0.4 is 27.4 Å². The van der Waals surface area contributed by atoms with Crippen LogP contribution in [0.1, 0.15) is 24.8 Å². The van der Waals surface area contributed by atoms with Gasteiger partial charge in [-0.2, -0.15) is 24.4 Å². The molecule has 0 aliphatic carbocycles. The summed E-state index contributed by atoms with van der Waals surface area (Å²) < 4.78 is 0. The van der Waals surface area contributed by atoms with Gasteiger partial charge in [0.1, 0.15) is 23.9 Å². The fraction of sp³-hybridized carbons (Fsp3) is 0.500. The predicted molar refractivity (Wildman–Crippen MR) is 138 cm³/mol. The lowest BCUT2D eigenvalue weighted by Crippen LogP contribution is -2.58. The van der Waals surface area contributed by atoms with Gasteiger partial charge in [0.2, 0.25) is 23.6 Å². The van der Waals surface area contributed by atoms with Gasteiger partial charge in [-0.15, -0.1) is 0 Å². The number of thiol groups is 1. The molecule has 14 heteroatoms. The first-order valence-electron chi connectivity index (χ1n) is 11.0. The van der Waals surface area contributed by atoms with E-state index in [-0.39, 0.29) is 37.2 Å². The molecule has 0 radical (unpaired) electrons. The molecule has 0 aliphatic heterocycles. The minimum Gasteiger partial charge on any atom is -0.508 e. The highest BCUT2D eigenvalue weighted by molar-refractivity contribution is 7.98. The number of aromatic hydroxyl groups is 1. The summed E-state index contributed by atoms with van der Waals surface area (Å²) in [4.78, 5) is 60.6. The molecule has 12 nitrogen and oxygen atoms in total. The molecule has 0 heterocycles. The average Bonchev–Trinajstić information content (AvgIpc) is 2.83. The van der Waals surface area contributed by atoms with Gasteiger partial charge >= 0.3 is 5.97 Å². The van der Waals surface area contributed by atoms with E-state index >= 15 is 0 Å². The molecular weight excluding hydrogens is 510 g/mol. The van der Waals surface area contributed by atoms with Crippen molar-refractivity contribution in [1.82, 2.24) is 16.0 Å². The maximum absolute atomic E-state index is 12.9. The molecule has 0 saturated heterocycles. The Bertz CT molecular complexity index is 917. The van der Waals surface area contributed by atoms with Gasteiger partial charge in [0.25, 0.3) is 0 Å². The Morgan fingerprint density at radius 3 is 2.03 bits per heavy atom. The number of carboxylic acids is 1. The maximum Gasteiger partial charge on any atom is 0.326 e. The molecule has 1 aromatic carbocycles. The Balaban J connectivity index is 2.84. The quantitative estimate of drug-likeness (QED) is 0.117. The molecule has 4 unspecified atom stereocenters. The van der Waals surface area contributed by atoms with Crippen molar-refractivity contribution in [2.45, 2.75) is 49.9 Å². The molecule has 200 valence electrons. The van der Waals surface area contributed by atoms with Crippen LogP contribution >= 0.6 is 24.4 Å². The van der Waals surface area contributed by atoms with E-state index in [2.05, 4.69) is 28.6 Å². The van der Waals surface area contributed by atoms with Crippen LogP contribution in [0.5, 0.6) is 5.75 Å². The number of hydrogen-bond acceptors (Lipinski definition) is 9. The summed E-state index contributed by atoms with van der Waals surface area (Å²) in [5.74, 6) is -3.58. The van der Waals surface area contributed by atoms with Gasteiger partial charge in [-0.05, 0) is 42.5 Å². The van der Waals surface area contributed by atoms with Crippen LogP contribution in [-0.2, 0) is 30.4 Å². The van der Waals surface area contributed by atoms with Gasteiger partial charge < -0.3 is 37.6 Å². The van der Waals surface area contributed by atoms with Gasteiger partial charge in [0.05, 0.1) is 6.04 Å². The van der Waals surface area contributed by atoms with Crippen molar-refractivity contribution in [1.29, 1.82) is 0 Å².